The van der Waals surface area contributed by atoms with Gasteiger partial charge in [0, 0.05) is 6.54 Å². The number of nitrogens with zero attached hydrogens (tertiary/aromatic N) is 2. The molecule has 7 nitrogen and oxygen atoms in total. The maximum Gasteiger partial charge on any atom is 0.284 e. The SMILES string of the molecule is C=CCN1C(=O)C(=Cc2ccc(OC)c(OCc3ccccc3)c2)SC1=NS(=O)(=O)c1ccc(C)cc1. The number of rotatable bonds is 9. The average molecular weight is 535 g/mol. The van der Waals surface area contributed by atoms with Crippen LogP contribution in [0.5, 0.6) is 11.5 Å². The number of hydrogen-bond donors (Lipinski definition) is 0. The maximum atomic E-state index is 13.2. The molecule has 1 heterocycles. The third kappa shape index (κ3) is 6.31. The van der Waals surface area contributed by atoms with E-state index < -0.39 is 10.0 Å². The van der Waals surface area contributed by atoms with Crippen molar-refractivity contribution < 1.29 is 22.7 Å². The normalized spacial score (nSPS) is 15.8. The second-order valence-electron chi connectivity index (χ2n) is 8.16. The van der Waals surface area contributed by atoms with Crippen LogP contribution in [0.4, 0.5) is 0 Å². The van der Waals surface area contributed by atoms with E-state index in [9.17, 15) is 13.2 Å². The fraction of sp³-hybridized carbons (Fsp3) is 0.143. The fourth-order valence-corrected chi connectivity index (χ4v) is 5.70. The molecular formula is C28H26N2O5S2. The summed E-state index contributed by atoms with van der Waals surface area (Å²) in [5.74, 6) is 0.725. The van der Waals surface area contributed by atoms with Gasteiger partial charge in [0.1, 0.15) is 6.61 Å². The molecule has 0 unspecified atom stereocenters. The Balaban J connectivity index is 1.63. The molecule has 0 saturated carbocycles. The van der Waals surface area contributed by atoms with Crippen molar-refractivity contribution in [3.63, 3.8) is 0 Å². The number of carbonyl (C=O) groups is 1. The first-order valence-electron chi connectivity index (χ1n) is 11.4. The second kappa shape index (κ2) is 11.5. The Morgan fingerprint density at radius 1 is 1.03 bits per heavy atom. The highest BCUT2D eigenvalue weighted by atomic mass is 32.2. The first kappa shape index (κ1) is 26.2. The van der Waals surface area contributed by atoms with Crippen molar-refractivity contribution in [3.8, 4) is 11.5 Å². The minimum atomic E-state index is -4.01. The Bertz CT molecular complexity index is 1460. The van der Waals surface area contributed by atoms with Crippen molar-refractivity contribution in [1.82, 2.24) is 4.90 Å². The van der Waals surface area contributed by atoms with E-state index in [2.05, 4.69) is 11.0 Å². The fourth-order valence-electron chi connectivity index (χ4n) is 3.51. The van der Waals surface area contributed by atoms with E-state index in [0.29, 0.717) is 28.6 Å². The lowest BCUT2D eigenvalue weighted by molar-refractivity contribution is -0.121. The third-order valence-corrected chi connectivity index (χ3v) is 7.84. The molecule has 190 valence electrons. The highest BCUT2D eigenvalue weighted by molar-refractivity contribution is 8.19. The molecule has 9 heteroatoms. The molecular weight excluding hydrogens is 508 g/mol. The molecule has 0 N–H and O–H groups in total. The molecule has 37 heavy (non-hydrogen) atoms. The molecule has 0 atom stereocenters. The van der Waals surface area contributed by atoms with Crippen LogP contribution in [0.25, 0.3) is 6.08 Å². The first-order chi connectivity index (χ1) is 17.8. The van der Waals surface area contributed by atoms with Gasteiger partial charge in [-0.05, 0) is 60.2 Å². The van der Waals surface area contributed by atoms with Crippen molar-refractivity contribution in [2.45, 2.75) is 18.4 Å². The topological polar surface area (TPSA) is 85.3 Å². The summed E-state index contributed by atoms with van der Waals surface area (Å²) in [4.78, 5) is 14.8. The molecule has 0 bridgehead atoms. The zero-order valence-corrected chi connectivity index (χ0v) is 22.1. The van der Waals surface area contributed by atoms with Gasteiger partial charge < -0.3 is 9.47 Å². The Labute approximate surface area is 221 Å². The largest absolute Gasteiger partial charge is 0.493 e. The molecule has 1 amide bonds. The molecule has 4 rings (SSSR count). The standard InChI is InChI=1S/C28H26N2O5S2/c1-4-16-30-27(31)26(36-28(30)29-37(32,33)23-13-10-20(2)11-14-23)18-22-12-15-24(34-3)25(17-22)35-19-21-8-6-5-7-9-21/h4-15,17-18H,1,16,19H2,2-3H3. The van der Waals surface area contributed by atoms with Crippen molar-refractivity contribution in [2.75, 3.05) is 13.7 Å². The van der Waals surface area contributed by atoms with Crippen LogP contribution >= 0.6 is 11.8 Å². The summed E-state index contributed by atoms with van der Waals surface area (Å²) in [5, 5.41) is 0.0748. The number of thioether (sulfide) groups is 1. The van der Waals surface area contributed by atoms with Crippen LogP contribution in [-0.4, -0.2) is 38.0 Å². The Kier molecular flexibility index (Phi) is 8.15. The zero-order valence-electron chi connectivity index (χ0n) is 20.5. The lowest BCUT2D eigenvalue weighted by Crippen LogP contribution is -2.29. The van der Waals surface area contributed by atoms with Gasteiger partial charge in [0.2, 0.25) is 0 Å². The van der Waals surface area contributed by atoms with Crippen LogP contribution in [0.3, 0.4) is 0 Å². The number of hydrogen-bond acceptors (Lipinski definition) is 6. The van der Waals surface area contributed by atoms with Gasteiger partial charge in [0.25, 0.3) is 15.9 Å². The number of amidine groups is 1. The van der Waals surface area contributed by atoms with Gasteiger partial charge in [-0.2, -0.15) is 8.42 Å². The predicted octanol–water partition coefficient (Wildman–Crippen LogP) is 5.43. The highest BCUT2D eigenvalue weighted by Gasteiger charge is 2.34. The third-order valence-electron chi connectivity index (χ3n) is 5.44. The second-order valence-corrected chi connectivity index (χ2v) is 10.8. The number of ether oxygens (including phenoxy) is 2. The van der Waals surface area contributed by atoms with E-state index in [1.165, 1.54) is 23.1 Å². The Hall–Kier alpha value is -3.82. The molecule has 1 fully saturated rings. The van der Waals surface area contributed by atoms with E-state index >= 15 is 0 Å². The van der Waals surface area contributed by atoms with E-state index in [0.717, 1.165) is 22.9 Å². The lowest BCUT2D eigenvalue weighted by Gasteiger charge is -2.12. The highest BCUT2D eigenvalue weighted by Crippen LogP contribution is 2.36. The van der Waals surface area contributed by atoms with Gasteiger partial charge in [-0.1, -0.05) is 60.2 Å². The van der Waals surface area contributed by atoms with Gasteiger partial charge in [0.15, 0.2) is 16.7 Å². The number of carbonyl (C=O) groups excluding carboxylic acids is 1. The molecule has 1 aliphatic heterocycles. The molecule has 3 aromatic rings. The zero-order chi connectivity index (χ0) is 26.4. The monoisotopic (exact) mass is 534 g/mol. The average Bonchev–Trinajstić information content (AvgIpc) is 3.17. The molecule has 0 aromatic heterocycles. The van der Waals surface area contributed by atoms with E-state index in [1.54, 1.807) is 43.5 Å². The molecule has 1 aliphatic rings. The number of aryl methyl sites for hydroxylation is 1. The Morgan fingerprint density at radius 2 is 1.76 bits per heavy atom. The molecule has 0 radical (unpaired) electrons. The summed E-state index contributed by atoms with van der Waals surface area (Å²) in [7, 11) is -2.45. The van der Waals surface area contributed by atoms with Crippen molar-refractivity contribution in [3.05, 3.63) is 107 Å². The van der Waals surface area contributed by atoms with Crippen LogP contribution < -0.4 is 9.47 Å². The molecule has 1 saturated heterocycles. The van der Waals surface area contributed by atoms with Crippen LogP contribution in [0.2, 0.25) is 0 Å². The summed E-state index contributed by atoms with van der Waals surface area (Å²) < 4.78 is 41.2. The van der Waals surface area contributed by atoms with E-state index in [4.69, 9.17) is 9.47 Å². The summed E-state index contributed by atoms with van der Waals surface area (Å²) in [6.45, 7) is 6.03. The van der Waals surface area contributed by atoms with Crippen LogP contribution in [0.15, 0.2) is 99.6 Å². The number of methoxy groups -OCH3 is 1. The van der Waals surface area contributed by atoms with Crippen LogP contribution in [0, 0.1) is 6.92 Å². The minimum Gasteiger partial charge on any atom is -0.493 e. The first-order valence-corrected chi connectivity index (χ1v) is 13.6. The van der Waals surface area contributed by atoms with Crippen molar-refractivity contribution in [2.24, 2.45) is 4.40 Å². The Morgan fingerprint density at radius 3 is 2.43 bits per heavy atom. The summed E-state index contributed by atoms with van der Waals surface area (Å²) in [5.41, 5.74) is 2.63. The summed E-state index contributed by atoms with van der Waals surface area (Å²) in [6, 6.07) is 21.5. The van der Waals surface area contributed by atoms with Gasteiger partial charge in [-0.25, -0.2) is 0 Å². The lowest BCUT2D eigenvalue weighted by atomic mass is 10.1. The summed E-state index contributed by atoms with van der Waals surface area (Å²) in [6.07, 6.45) is 3.21. The predicted molar refractivity (Wildman–Crippen MR) is 147 cm³/mol. The van der Waals surface area contributed by atoms with Gasteiger partial charge in [-0.15, -0.1) is 11.0 Å². The smallest absolute Gasteiger partial charge is 0.284 e. The minimum absolute atomic E-state index is 0.0602. The van der Waals surface area contributed by atoms with Gasteiger partial charge in [-0.3, -0.25) is 9.69 Å². The number of amides is 1. The molecule has 3 aromatic carbocycles. The number of sulfonamides is 1. The molecule has 0 spiro atoms. The maximum absolute atomic E-state index is 13.2. The van der Waals surface area contributed by atoms with Gasteiger partial charge in [0.05, 0.1) is 16.9 Å². The van der Waals surface area contributed by atoms with Crippen LogP contribution in [0.1, 0.15) is 16.7 Å². The van der Waals surface area contributed by atoms with E-state index in [-0.39, 0.29) is 22.5 Å². The van der Waals surface area contributed by atoms with Crippen molar-refractivity contribution in [1.29, 1.82) is 0 Å². The van der Waals surface area contributed by atoms with Crippen molar-refractivity contribution >= 4 is 38.9 Å². The molecule has 0 aliphatic carbocycles. The van der Waals surface area contributed by atoms with Gasteiger partial charge >= 0.3 is 0 Å². The quantitative estimate of drug-likeness (QED) is 0.269. The summed E-state index contributed by atoms with van der Waals surface area (Å²) >= 11 is 1.00. The van der Waals surface area contributed by atoms with E-state index in [1.807, 2.05) is 37.3 Å². The number of benzene rings is 3. The van der Waals surface area contributed by atoms with Crippen LogP contribution in [-0.2, 0) is 21.4 Å².